The zero-order valence-corrected chi connectivity index (χ0v) is 9.16. The SMILES string of the molecule is CCCCCC[C@@H](CC(C)O)C(=O)[O-]. The molecular formula is C11H21O3-. The van der Waals surface area contributed by atoms with E-state index in [9.17, 15) is 9.90 Å². The standard InChI is InChI=1S/C11H22O3/c1-3-4-5-6-7-10(11(13)14)8-9(2)12/h9-10,12H,3-8H2,1-2H3,(H,13,14)/p-1/t9?,10-/m0/s1. The highest BCUT2D eigenvalue weighted by atomic mass is 16.4. The van der Waals surface area contributed by atoms with Gasteiger partial charge in [-0.3, -0.25) is 0 Å². The normalized spacial score (nSPS) is 15.1. The number of carboxylic acids is 1. The van der Waals surface area contributed by atoms with Crippen LogP contribution in [-0.4, -0.2) is 17.2 Å². The summed E-state index contributed by atoms with van der Waals surface area (Å²) in [5, 5.41) is 19.8. The fraction of sp³-hybridized carbons (Fsp3) is 0.909. The maximum Gasteiger partial charge on any atom is 0.0518 e. The van der Waals surface area contributed by atoms with Crippen molar-refractivity contribution in [3.05, 3.63) is 0 Å². The summed E-state index contributed by atoms with van der Waals surface area (Å²) in [6.07, 6.45) is 4.67. The number of carboxylic acid groups (broad SMARTS) is 1. The predicted molar refractivity (Wildman–Crippen MR) is 53.6 cm³/mol. The van der Waals surface area contributed by atoms with Crippen LogP contribution in [0.1, 0.15) is 52.4 Å². The second kappa shape index (κ2) is 7.80. The fourth-order valence-electron chi connectivity index (χ4n) is 1.56. The van der Waals surface area contributed by atoms with Crippen LogP contribution < -0.4 is 5.11 Å². The number of hydrogen-bond acceptors (Lipinski definition) is 3. The van der Waals surface area contributed by atoms with E-state index < -0.39 is 18.0 Å². The number of carbonyl (C=O) groups is 1. The molecule has 0 radical (unpaired) electrons. The number of unbranched alkanes of at least 4 members (excludes halogenated alkanes) is 3. The number of aliphatic hydroxyl groups is 1. The molecule has 0 saturated heterocycles. The second-order valence-corrected chi connectivity index (χ2v) is 3.95. The van der Waals surface area contributed by atoms with Crippen molar-refractivity contribution in [2.24, 2.45) is 5.92 Å². The van der Waals surface area contributed by atoms with Gasteiger partial charge >= 0.3 is 0 Å². The summed E-state index contributed by atoms with van der Waals surface area (Å²) < 4.78 is 0. The van der Waals surface area contributed by atoms with Crippen molar-refractivity contribution in [3.8, 4) is 0 Å². The molecule has 0 heterocycles. The number of rotatable bonds is 8. The quantitative estimate of drug-likeness (QED) is 0.598. The van der Waals surface area contributed by atoms with E-state index in [-0.39, 0.29) is 0 Å². The van der Waals surface area contributed by atoms with Crippen molar-refractivity contribution in [2.45, 2.75) is 58.5 Å². The molecule has 0 fully saturated rings. The summed E-state index contributed by atoms with van der Waals surface area (Å²) in [5.41, 5.74) is 0. The molecule has 0 aliphatic rings. The van der Waals surface area contributed by atoms with Gasteiger partial charge < -0.3 is 15.0 Å². The maximum atomic E-state index is 10.7. The lowest BCUT2D eigenvalue weighted by atomic mass is 9.95. The summed E-state index contributed by atoms with van der Waals surface area (Å²) in [6.45, 7) is 3.73. The number of aliphatic hydroxyl groups excluding tert-OH is 1. The molecule has 3 heteroatoms. The van der Waals surface area contributed by atoms with Crippen molar-refractivity contribution in [3.63, 3.8) is 0 Å². The van der Waals surface area contributed by atoms with Gasteiger partial charge in [0.15, 0.2) is 0 Å². The van der Waals surface area contributed by atoms with Gasteiger partial charge in [0.05, 0.1) is 6.10 Å². The van der Waals surface area contributed by atoms with E-state index in [1.807, 2.05) is 0 Å². The number of hydrogen-bond donors (Lipinski definition) is 1. The second-order valence-electron chi connectivity index (χ2n) is 3.95. The van der Waals surface area contributed by atoms with Gasteiger partial charge in [-0.15, -0.1) is 0 Å². The first kappa shape index (κ1) is 13.4. The van der Waals surface area contributed by atoms with Gasteiger partial charge in [-0.2, -0.15) is 0 Å². The first-order chi connectivity index (χ1) is 6.57. The van der Waals surface area contributed by atoms with Crippen molar-refractivity contribution in [2.75, 3.05) is 0 Å². The largest absolute Gasteiger partial charge is 0.550 e. The first-order valence-electron chi connectivity index (χ1n) is 5.46. The van der Waals surface area contributed by atoms with E-state index in [4.69, 9.17) is 5.11 Å². The summed E-state index contributed by atoms with van der Waals surface area (Å²) in [6, 6.07) is 0. The van der Waals surface area contributed by atoms with Gasteiger partial charge in [0, 0.05) is 11.9 Å². The molecule has 0 aromatic carbocycles. The van der Waals surface area contributed by atoms with E-state index in [0.29, 0.717) is 12.8 Å². The molecular weight excluding hydrogens is 180 g/mol. The molecule has 0 rings (SSSR count). The van der Waals surface area contributed by atoms with Crippen LogP contribution in [0.15, 0.2) is 0 Å². The monoisotopic (exact) mass is 201 g/mol. The molecule has 84 valence electrons. The smallest absolute Gasteiger partial charge is 0.0518 e. The summed E-state index contributed by atoms with van der Waals surface area (Å²) in [7, 11) is 0. The van der Waals surface area contributed by atoms with Gasteiger partial charge in [-0.1, -0.05) is 32.6 Å². The Balaban J connectivity index is 3.68. The van der Waals surface area contributed by atoms with E-state index in [1.54, 1.807) is 6.92 Å². The molecule has 14 heavy (non-hydrogen) atoms. The minimum Gasteiger partial charge on any atom is -0.550 e. The number of carbonyl (C=O) groups excluding carboxylic acids is 1. The Hall–Kier alpha value is -0.570. The minimum absolute atomic E-state index is 0.314. The average molecular weight is 201 g/mol. The maximum absolute atomic E-state index is 10.7. The third kappa shape index (κ3) is 6.89. The van der Waals surface area contributed by atoms with Crippen LogP contribution >= 0.6 is 0 Å². The van der Waals surface area contributed by atoms with E-state index >= 15 is 0 Å². The molecule has 0 amide bonds. The molecule has 1 unspecified atom stereocenters. The van der Waals surface area contributed by atoms with Crippen LogP contribution in [-0.2, 0) is 4.79 Å². The first-order valence-corrected chi connectivity index (χ1v) is 5.46. The molecule has 0 aliphatic carbocycles. The van der Waals surface area contributed by atoms with Crippen molar-refractivity contribution in [1.29, 1.82) is 0 Å². The lowest BCUT2D eigenvalue weighted by molar-refractivity contribution is -0.312. The molecule has 0 spiro atoms. The Morgan fingerprint density at radius 1 is 1.36 bits per heavy atom. The number of aliphatic carboxylic acids is 1. The topological polar surface area (TPSA) is 60.4 Å². The Morgan fingerprint density at radius 2 is 2.00 bits per heavy atom. The van der Waals surface area contributed by atoms with Crippen molar-refractivity contribution >= 4 is 5.97 Å². The van der Waals surface area contributed by atoms with Crippen molar-refractivity contribution < 1.29 is 15.0 Å². The Bertz CT molecular complexity index is 155. The molecule has 1 N–H and O–H groups in total. The van der Waals surface area contributed by atoms with Gasteiger partial charge in [0.25, 0.3) is 0 Å². The molecule has 0 aromatic heterocycles. The Labute approximate surface area is 86.1 Å². The molecule has 0 bridgehead atoms. The van der Waals surface area contributed by atoms with Crippen LogP contribution in [0.5, 0.6) is 0 Å². The van der Waals surface area contributed by atoms with Crippen LogP contribution in [0.3, 0.4) is 0 Å². The van der Waals surface area contributed by atoms with E-state index in [1.165, 1.54) is 0 Å². The third-order valence-corrected chi connectivity index (χ3v) is 2.37. The summed E-state index contributed by atoms with van der Waals surface area (Å²) >= 11 is 0. The highest BCUT2D eigenvalue weighted by molar-refractivity contribution is 5.67. The Kier molecular flexibility index (Phi) is 7.48. The molecule has 0 aliphatic heterocycles. The summed E-state index contributed by atoms with van der Waals surface area (Å²) in [5.74, 6) is -1.51. The van der Waals surface area contributed by atoms with E-state index in [0.717, 1.165) is 25.7 Å². The predicted octanol–water partition coefficient (Wildman–Crippen LogP) is 1.09. The average Bonchev–Trinajstić information content (AvgIpc) is 2.09. The third-order valence-electron chi connectivity index (χ3n) is 2.37. The van der Waals surface area contributed by atoms with Crippen LogP contribution in [0.25, 0.3) is 0 Å². The highest BCUT2D eigenvalue weighted by Gasteiger charge is 2.12. The molecule has 0 saturated carbocycles. The lowest BCUT2D eigenvalue weighted by Crippen LogP contribution is -2.33. The summed E-state index contributed by atoms with van der Waals surface area (Å²) in [4.78, 5) is 10.7. The van der Waals surface area contributed by atoms with Gasteiger partial charge in [0.2, 0.25) is 0 Å². The molecule has 3 nitrogen and oxygen atoms in total. The van der Waals surface area contributed by atoms with Gasteiger partial charge in [-0.05, 0) is 19.8 Å². The van der Waals surface area contributed by atoms with Crippen LogP contribution in [0.2, 0.25) is 0 Å². The van der Waals surface area contributed by atoms with Crippen molar-refractivity contribution in [1.82, 2.24) is 0 Å². The zero-order chi connectivity index (χ0) is 11.0. The Morgan fingerprint density at radius 3 is 2.43 bits per heavy atom. The van der Waals surface area contributed by atoms with Gasteiger partial charge in [0.1, 0.15) is 0 Å². The van der Waals surface area contributed by atoms with Gasteiger partial charge in [-0.25, -0.2) is 0 Å². The van der Waals surface area contributed by atoms with E-state index in [2.05, 4.69) is 6.92 Å². The molecule has 2 atom stereocenters. The molecule has 0 aromatic rings. The fourth-order valence-corrected chi connectivity index (χ4v) is 1.56. The van der Waals surface area contributed by atoms with Crippen LogP contribution in [0.4, 0.5) is 0 Å². The van der Waals surface area contributed by atoms with Crippen LogP contribution in [0, 0.1) is 5.92 Å². The lowest BCUT2D eigenvalue weighted by Gasteiger charge is -2.19. The minimum atomic E-state index is -1.03. The highest BCUT2D eigenvalue weighted by Crippen LogP contribution is 2.15. The zero-order valence-electron chi connectivity index (χ0n) is 9.16.